The zero-order valence-electron chi connectivity index (χ0n) is 8.33. The highest BCUT2D eigenvalue weighted by atomic mass is 16.7. The molecule has 0 amide bonds. The number of nitrogens with one attached hydrogen (secondary N) is 2. The summed E-state index contributed by atoms with van der Waals surface area (Å²) in [5, 5.41) is 5.88. The van der Waals surface area contributed by atoms with E-state index in [0.717, 1.165) is 5.70 Å². The van der Waals surface area contributed by atoms with Crippen molar-refractivity contribution in [3.05, 3.63) is 23.9 Å². The summed E-state index contributed by atoms with van der Waals surface area (Å²) in [7, 11) is 3.52. The lowest BCUT2D eigenvalue weighted by Gasteiger charge is -2.28. The van der Waals surface area contributed by atoms with E-state index in [1.165, 1.54) is 0 Å². The maximum atomic E-state index is 11.4. The largest absolute Gasteiger partial charge is 0.388 e. The lowest BCUT2D eigenvalue weighted by Crippen LogP contribution is -2.51. The average Bonchev–Trinajstić information content (AvgIpc) is 2.28. The van der Waals surface area contributed by atoms with Crippen molar-refractivity contribution in [3.63, 3.8) is 0 Å². The van der Waals surface area contributed by atoms with E-state index < -0.39 is 11.5 Å². The van der Waals surface area contributed by atoms with Crippen molar-refractivity contribution in [1.82, 2.24) is 10.6 Å². The van der Waals surface area contributed by atoms with Crippen LogP contribution in [0.3, 0.4) is 0 Å². The fourth-order valence-electron chi connectivity index (χ4n) is 1.37. The predicted molar refractivity (Wildman–Crippen MR) is 53.0 cm³/mol. The number of carbonyl (C=O) groups is 1. The molecular weight excluding hydrogens is 182 g/mol. The summed E-state index contributed by atoms with van der Waals surface area (Å²) in [5.41, 5.74) is 0.149. The van der Waals surface area contributed by atoms with Crippen LogP contribution in [0.25, 0.3) is 0 Å². The average molecular weight is 197 g/mol. The zero-order chi connectivity index (χ0) is 10.6. The van der Waals surface area contributed by atoms with Crippen molar-refractivity contribution in [2.24, 2.45) is 5.90 Å². The fourth-order valence-corrected chi connectivity index (χ4v) is 1.37. The molecule has 1 aliphatic carbocycles. The van der Waals surface area contributed by atoms with Crippen LogP contribution < -0.4 is 16.5 Å². The molecular formula is C9H15N3O2. The highest BCUT2D eigenvalue weighted by Gasteiger charge is 2.36. The Morgan fingerprint density at radius 2 is 2.36 bits per heavy atom. The second-order valence-electron chi connectivity index (χ2n) is 3.07. The van der Waals surface area contributed by atoms with E-state index in [1.807, 2.05) is 19.2 Å². The first-order valence-electron chi connectivity index (χ1n) is 4.36. The number of carbonyl (C=O) groups excluding carboxylic acids is 1. The standard InChI is InChI=1S/C9H15N3O2/c1-11-7-3-5-9(12-2,6-4-7)8(13)14-10/h3-5,11-12H,6,10H2,1-2H3. The third-order valence-corrected chi connectivity index (χ3v) is 2.40. The number of allylic oxidation sites excluding steroid dienone is 1. The van der Waals surface area contributed by atoms with Crippen LogP contribution in [-0.2, 0) is 9.63 Å². The minimum absolute atomic E-state index is 0.484. The van der Waals surface area contributed by atoms with Gasteiger partial charge in [0.25, 0.3) is 0 Å². The van der Waals surface area contributed by atoms with E-state index in [2.05, 4.69) is 15.5 Å². The maximum absolute atomic E-state index is 11.4. The molecule has 1 atom stereocenters. The molecule has 1 unspecified atom stereocenters. The summed E-state index contributed by atoms with van der Waals surface area (Å²) in [6.45, 7) is 0. The number of rotatable bonds is 3. The van der Waals surface area contributed by atoms with Crippen LogP contribution in [-0.4, -0.2) is 25.6 Å². The van der Waals surface area contributed by atoms with Gasteiger partial charge in [-0.15, -0.1) is 0 Å². The quantitative estimate of drug-likeness (QED) is 0.528. The molecule has 0 aliphatic heterocycles. The molecule has 0 heterocycles. The maximum Gasteiger partial charge on any atom is 0.349 e. The minimum Gasteiger partial charge on any atom is -0.388 e. The normalized spacial score (nSPS) is 25.5. The third kappa shape index (κ3) is 1.78. The molecule has 5 nitrogen and oxygen atoms in total. The van der Waals surface area contributed by atoms with Gasteiger partial charge in [-0.25, -0.2) is 4.79 Å². The van der Waals surface area contributed by atoms with Crippen molar-refractivity contribution < 1.29 is 9.63 Å². The number of hydrogen-bond acceptors (Lipinski definition) is 5. The molecule has 0 radical (unpaired) electrons. The lowest BCUT2D eigenvalue weighted by atomic mass is 9.90. The first-order valence-corrected chi connectivity index (χ1v) is 4.36. The van der Waals surface area contributed by atoms with Crippen LogP contribution in [0.15, 0.2) is 23.9 Å². The topological polar surface area (TPSA) is 76.4 Å². The van der Waals surface area contributed by atoms with Gasteiger partial charge in [0, 0.05) is 19.2 Å². The molecule has 0 spiro atoms. The van der Waals surface area contributed by atoms with Crippen molar-refractivity contribution >= 4 is 5.97 Å². The van der Waals surface area contributed by atoms with Gasteiger partial charge < -0.3 is 15.5 Å². The van der Waals surface area contributed by atoms with Gasteiger partial charge >= 0.3 is 5.97 Å². The molecule has 0 aromatic rings. The smallest absolute Gasteiger partial charge is 0.349 e. The van der Waals surface area contributed by atoms with Gasteiger partial charge in [-0.3, -0.25) is 0 Å². The van der Waals surface area contributed by atoms with Gasteiger partial charge in [0.1, 0.15) is 5.54 Å². The van der Waals surface area contributed by atoms with Crippen molar-refractivity contribution in [1.29, 1.82) is 0 Å². The van der Waals surface area contributed by atoms with Crippen molar-refractivity contribution in [3.8, 4) is 0 Å². The van der Waals surface area contributed by atoms with Crippen molar-refractivity contribution in [2.75, 3.05) is 14.1 Å². The molecule has 5 heteroatoms. The Labute approximate surface area is 82.9 Å². The van der Waals surface area contributed by atoms with Gasteiger partial charge in [-0.2, -0.15) is 5.90 Å². The Hall–Kier alpha value is -1.33. The van der Waals surface area contributed by atoms with Crippen LogP contribution in [0.5, 0.6) is 0 Å². The SMILES string of the molecule is CNC1=CCC(NC)(C(=O)ON)C=C1. The molecule has 0 fully saturated rings. The van der Waals surface area contributed by atoms with E-state index in [4.69, 9.17) is 5.90 Å². The first kappa shape index (κ1) is 10.7. The second kappa shape index (κ2) is 4.26. The Morgan fingerprint density at radius 3 is 2.71 bits per heavy atom. The summed E-state index contributed by atoms with van der Waals surface area (Å²) < 4.78 is 0. The minimum atomic E-state index is -0.824. The summed E-state index contributed by atoms with van der Waals surface area (Å²) >= 11 is 0. The molecule has 1 rings (SSSR count). The van der Waals surface area contributed by atoms with E-state index in [9.17, 15) is 4.79 Å². The Kier molecular flexibility index (Phi) is 3.27. The monoisotopic (exact) mass is 197 g/mol. The lowest BCUT2D eigenvalue weighted by molar-refractivity contribution is -0.149. The molecule has 1 aliphatic rings. The van der Waals surface area contributed by atoms with E-state index in [1.54, 1.807) is 13.1 Å². The molecule has 0 saturated heterocycles. The molecule has 0 aromatic carbocycles. The van der Waals surface area contributed by atoms with Gasteiger partial charge in [0.2, 0.25) is 0 Å². The molecule has 78 valence electrons. The van der Waals surface area contributed by atoms with Gasteiger partial charge in [-0.05, 0) is 13.1 Å². The number of hydrogen-bond donors (Lipinski definition) is 3. The highest BCUT2D eigenvalue weighted by Crippen LogP contribution is 2.20. The van der Waals surface area contributed by atoms with Crippen LogP contribution in [0.4, 0.5) is 0 Å². The Balaban J connectivity index is 2.83. The van der Waals surface area contributed by atoms with E-state index in [0.29, 0.717) is 6.42 Å². The van der Waals surface area contributed by atoms with E-state index >= 15 is 0 Å². The summed E-state index contributed by atoms with van der Waals surface area (Å²) in [6, 6.07) is 0. The summed E-state index contributed by atoms with van der Waals surface area (Å²) in [4.78, 5) is 15.7. The zero-order valence-corrected chi connectivity index (χ0v) is 8.33. The van der Waals surface area contributed by atoms with Gasteiger partial charge in [-0.1, -0.05) is 12.2 Å². The molecule has 4 N–H and O–H groups in total. The van der Waals surface area contributed by atoms with Crippen LogP contribution in [0.1, 0.15) is 6.42 Å². The molecule has 0 aromatic heterocycles. The Morgan fingerprint density at radius 1 is 1.64 bits per heavy atom. The third-order valence-electron chi connectivity index (χ3n) is 2.40. The van der Waals surface area contributed by atoms with Crippen LogP contribution >= 0.6 is 0 Å². The first-order chi connectivity index (χ1) is 6.68. The molecule has 0 bridgehead atoms. The van der Waals surface area contributed by atoms with Crippen molar-refractivity contribution in [2.45, 2.75) is 12.0 Å². The Bertz CT molecular complexity index is 286. The van der Waals surface area contributed by atoms with Crippen LogP contribution in [0, 0.1) is 0 Å². The fraction of sp³-hybridized carbons (Fsp3) is 0.444. The number of likely N-dealkylation sites (N-methyl/N-ethyl adjacent to an activating group) is 2. The number of nitrogens with two attached hydrogens (primary N) is 1. The summed E-state index contributed by atoms with van der Waals surface area (Å²) in [6.07, 6.45) is 5.99. The molecule has 14 heavy (non-hydrogen) atoms. The highest BCUT2D eigenvalue weighted by molar-refractivity contribution is 5.84. The molecule has 0 saturated carbocycles. The summed E-state index contributed by atoms with van der Waals surface area (Å²) in [5.74, 6) is 4.39. The second-order valence-corrected chi connectivity index (χ2v) is 3.07. The van der Waals surface area contributed by atoms with Crippen LogP contribution in [0.2, 0.25) is 0 Å². The predicted octanol–water partition coefficient (Wildman–Crippen LogP) is -0.575. The van der Waals surface area contributed by atoms with E-state index in [-0.39, 0.29) is 0 Å². The van der Waals surface area contributed by atoms with Gasteiger partial charge in [0.05, 0.1) is 0 Å². The van der Waals surface area contributed by atoms with Gasteiger partial charge in [0.15, 0.2) is 0 Å².